The number of nitrogens with one attached hydrogen (secondary N) is 1. The van der Waals surface area contributed by atoms with E-state index < -0.39 is 75.8 Å². The zero-order valence-electron chi connectivity index (χ0n) is 20.6. The fraction of sp³-hybridized carbons (Fsp3) is 0.696. The number of amides is 1. The number of carbonyl (C=O) groups is 1. The van der Waals surface area contributed by atoms with E-state index in [2.05, 4.69) is 5.32 Å². The predicted octanol–water partition coefficient (Wildman–Crippen LogP) is 4.76. The molecule has 15 heteroatoms. The van der Waals surface area contributed by atoms with Crippen molar-refractivity contribution in [3.63, 3.8) is 0 Å². The minimum absolute atomic E-state index is 0.0566. The lowest BCUT2D eigenvalue weighted by Gasteiger charge is -2.50. The third-order valence-electron chi connectivity index (χ3n) is 7.15. The molecule has 6 nitrogen and oxygen atoms in total. The maximum atomic E-state index is 14.0. The maximum Gasteiger partial charge on any atom is 0.417 e. The lowest BCUT2D eigenvalue weighted by Crippen LogP contribution is -2.63. The van der Waals surface area contributed by atoms with Crippen LogP contribution >= 0.6 is 0 Å². The van der Waals surface area contributed by atoms with Gasteiger partial charge >= 0.3 is 12.4 Å². The van der Waals surface area contributed by atoms with Gasteiger partial charge in [-0.15, -0.1) is 0 Å². The summed E-state index contributed by atoms with van der Waals surface area (Å²) in [6, 6.07) is 0.540. The van der Waals surface area contributed by atoms with Crippen LogP contribution in [0.25, 0.3) is 0 Å². The van der Waals surface area contributed by atoms with Gasteiger partial charge in [-0.2, -0.15) is 30.6 Å². The molecule has 1 aromatic rings. The molecule has 1 aliphatic heterocycles. The van der Waals surface area contributed by atoms with E-state index >= 15 is 0 Å². The van der Waals surface area contributed by atoms with Crippen LogP contribution in [0.1, 0.15) is 60.5 Å². The number of rotatable bonds is 7. The number of piperazine rings is 1. The Hall–Kier alpha value is -2.00. The van der Waals surface area contributed by atoms with Crippen molar-refractivity contribution >= 4 is 15.9 Å². The van der Waals surface area contributed by atoms with Gasteiger partial charge < -0.3 is 5.32 Å². The highest BCUT2D eigenvalue weighted by Crippen LogP contribution is 2.42. The van der Waals surface area contributed by atoms with Crippen LogP contribution in [0.3, 0.4) is 0 Å². The van der Waals surface area contributed by atoms with Crippen LogP contribution < -0.4 is 5.32 Å². The Kier molecular flexibility index (Phi) is 8.74. The molecule has 1 N–H and O–H groups in total. The van der Waals surface area contributed by atoms with Crippen molar-refractivity contribution in [2.75, 3.05) is 38.5 Å². The average molecular weight is 580 g/mol. The summed E-state index contributed by atoms with van der Waals surface area (Å²) < 4.78 is 134. The van der Waals surface area contributed by atoms with Gasteiger partial charge in [-0.1, -0.05) is 6.92 Å². The maximum absolute atomic E-state index is 14.0. The third kappa shape index (κ3) is 6.95. The summed E-state index contributed by atoms with van der Waals surface area (Å²) in [7, 11) is -3.50. The van der Waals surface area contributed by atoms with Crippen molar-refractivity contribution in [2.24, 2.45) is 0 Å². The number of hydrogen-bond donors (Lipinski definition) is 1. The Morgan fingerprint density at radius 3 is 2.03 bits per heavy atom. The van der Waals surface area contributed by atoms with E-state index in [1.54, 1.807) is 11.8 Å². The van der Waals surface area contributed by atoms with Crippen LogP contribution in [0.4, 0.5) is 35.1 Å². The normalized spacial score (nSPS) is 21.3. The smallest absolute Gasteiger partial charge is 0.350 e. The SMILES string of the molecule is CCCS(=O)(=O)N1CCN(C2(CNC(=O)c3cc(C(F)(F)F)ccc3C(F)(F)F)CCC(F)(F)CC2)CC1. The molecule has 3 rings (SSSR count). The van der Waals surface area contributed by atoms with Gasteiger partial charge in [0.1, 0.15) is 0 Å². The first-order valence-corrected chi connectivity index (χ1v) is 13.7. The minimum atomic E-state index is -5.11. The summed E-state index contributed by atoms with van der Waals surface area (Å²) in [4.78, 5) is 14.6. The van der Waals surface area contributed by atoms with Crippen LogP contribution in [0.5, 0.6) is 0 Å². The topological polar surface area (TPSA) is 69.7 Å². The number of carbonyl (C=O) groups excluding carboxylic acids is 1. The van der Waals surface area contributed by atoms with Crippen LogP contribution in [-0.2, 0) is 22.4 Å². The van der Waals surface area contributed by atoms with E-state index in [9.17, 15) is 48.3 Å². The first-order chi connectivity index (χ1) is 17.4. The van der Waals surface area contributed by atoms with Crippen LogP contribution in [-0.4, -0.2) is 73.5 Å². The summed E-state index contributed by atoms with van der Waals surface area (Å²) in [5.41, 5.74) is -5.34. The number of sulfonamides is 1. The molecule has 1 saturated heterocycles. The van der Waals surface area contributed by atoms with Gasteiger partial charge in [0, 0.05) is 51.1 Å². The lowest BCUT2D eigenvalue weighted by molar-refractivity contribution is -0.141. The molecule has 2 aliphatic rings. The molecule has 2 fully saturated rings. The van der Waals surface area contributed by atoms with E-state index in [1.807, 2.05) is 0 Å². The highest BCUT2D eigenvalue weighted by molar-refractivity contribution is 7.89. The molecule has 216 valence electrons. The van der Waals surface area contributed by atoms with E-state index in [1.165, 1.54) is 4.31 Å². The molecule has 0 unspecified atom stereocenters. The Bertz CT molecular complexity index is 1100. The number of hydrogen-bond acceptors (Lipinski definition) is 4. The van der Waals surface area contributed by atoms with Gasteiger partial charge in [0.25, 0.3) is 5.91 Å². The van der Waals surface area contributed by atoms with Crippen molar-refractivity contribution < 1.29 is 48.3 Å². The number of alkyl halides is 8. The first-order valence-electron chi connectivity index (χ1n) is 12.1. The largest absolute Gasteiger partial charge is 0.417 e. The van der Waals surface area contributed by atoms with E-state index in [0.717, 1.165) is 0 Å². The fourth-order valence-electron chi connectivity index (χ4n) is 5.01. The second kappa shape index (κ2) is 10.9. The summed E-state index contributed by atoms with van der Waals surface area (Å²) in [6.07, 6.45) is -11.1. The summed E-state index contributed by atoms with van der Waals surface area (Å²) in [5.74, 6) is -4.45. The molecule has 1 aliphatic carbocycles. The van der Waals surface area contributed by atoms with Gasteiger partial charge in [-0.05, 0) is 37.5 Å². The van der Waals surface area contributed by atoms with Gasteiger partial charge in [-0.3, -0.25) is 9.69 Å². The molecule has 0 aromatic heterocycles. The zero-order chi connectivity index (χ0) is 28.6. The molecular weight excluding hydrogens is 550 g/mol. The molecule has 1 amide bonds. The molecule has 0 radical (unpaired) electrons. The molecule has 38 heavy (non-hydrogen) atoms. The number of halogens is 8. The molecule has 0 atom stereocenters. The van der Waals surface area contributed by atoms with Crippen LogP contribution in [0, 0.1) is 0 Å². The Balaban J connectivity index is 1.84. The minimum Gasteiger partial charge on any atom is -0.350 e. The van der Waals surface area contributed by atoms with Gasteiger partial charge in [-0.25, -0.2) is 17.2 Å². The van der Waals surface area contributed by atoms with Gasteiger partial charge in [0.15, 0.2) is 0 Å². The highest BCUT2D eigenvalue weighted by atomic mass is 32.2. The van der Waals surface area contributed by atoms with E-state index in [4.69, 9.17) is 0 Å². The zero-order valence-corrected chi connectivity index (χ0v) is 21.4. The highest BCUT2D eigenvalue weighted by Gasteiger charge is 2.48. The fourth-order valence-corrected chi connectivity index (χ4v) is 6.50. The second-order valence-corrected chi connectivity index (χ2v) is 11.8. The summed E-state index contributed by atoms with van der Waals surface area (Å²) in [6.45, 7) is 1.74. The van der Waals surface area contributed by atoms with Crippen molar-refractivity contribution in [3.05, 3.63) is 34.9 Å². The molecule has 1 heterocycles. The summed E-state index contributed by atoms with van der Waals surface area (Å²) in [5, 5.41) is 2.26. The van der Waals surface area contributed by atoms with Crippen LogP contribution in [0.15, 0.2) is 18.2 Å². The second-order valence-electron chi connectivity index (χ2n) is 9.72. The summed E-state index contributed by atoms with van der Waals surface area (Å²) >= 11 is 0. The van der Waals surface area contributed by atoms with Gasteiger partial charge in [0.05, 0.1) is 22.4 Å². The predicted molar refractivity (Wildman–Crippen MR) is 122 cm³/mol. The third-order valence-corrected chi connectivity index (χ3v) is 9.23. The Labute approximate surface area is 215 Å². The number of benzene rings is 1. The average Bonchev–Trinajstić information content (AvgIpc) is 2.82. The molecular formula is C23H29F8N3O3S. The van der Waals surface area contributed by atoms with Crippen molar-refractivity contribution in [3.8, 4) is 0 Å². The standard InChI is InChI=1S/C23H29F8N3O3S/c1-2-13-38(36,37)34-11-9-33(10-12-34)20(5-7-21(24,25)8-6-20)15-32-19(35)17-14-16(22(26,27)28)3-4-18(17)23(29,30)31/h3-4,14H,2,5-13,15H2,1H3,(H,32,35). The monoisotopic (exact) mass is 579 g/mol. The quantitative estimate of drug-likeness (QED) is 0.474. The van der Waals surface area contributed by atoms with Crippen molar-refractivity contribution in [1.82, 2.24) is 14.5 Å². The van der Waals surface area contributed by atoms with E-state index in [-0.39, 0.29) is 63.0 Å². The van der Waals surface area contributed by atoms with E-state index in [0.29, 0.717) is 6.42 Å². The molecule has 1 aromatic carbocycles. The molecule has 0 spiro atoms. The Morgan fingerprint density at radius 1 is 0.947 bits per heavy atom. The molecule has 1 saturated carbocycles. The van der Waals surface area contributed by atoms with Gasteiger partial charge in [0.2, 0.25) is 15.9 Å². The number of nitrogens with zero attached hydrogens (tertiary/aromatic N) is 2. The van der Waals surface area contributed by atoms with Crippen LogP contribution in [0.2, 0.25) is 0 Å². The Morgan fingerprint density at radius 2 is 1.53 bits per heavy atom. The van der Waals surface area contributed by atoms with Crippen molar-refractivity contribution in [2.45, 2.75) is 62.8 Å². The molecule has 0 bridgehead atoms. The first kappa shape index (κ1) is 30.5. The van der Waals surface area contributed by atoms with Crippen molar-refractivity contribution in [1.29, 1.82) is 0 Å². The lowest BCUT2D eigenvalue weighted by atomic mass is 9.78.